The highest BCUT2D eigenvalue weighted by Crippen LogP contribution is 2.28. The minimum atomic E-state index is 0.350. The Morgan fingerprint density at radius 1 is 1.05 bits per heavy atom. The molecule has 1 nitrogen and oxygen atoms in total. The van der Waals surface area contributed by atoms with E-state index in [1.165, 1.54) is 20.9 Å². The molecule has 0 aliphatic carbocycles. The minimum Gasteiger partial charge on any atom is -0.304 e. The van der Waals surface area contributed by atoms with Gasteiger partial charge in [0, 0.05) is 26.3 Å². The van der Waals surface area contributed by atoms with Gasteiger partial charge in [0.25, 0.3) is 0 Å². The number of hydrogen-bond donors (Lipinski definition) is 1. The summed E-state index contributed by atoms with van der Waals surface area (Å²) in [5.74, 6) is 0. The molecule has 2 aromatic rings. The van der Waals surface area contributed by atoms with Gasteiger partial charge in [-0.25, -0.2) is 0 Å². The Morgan fingerprint density at radius 2 is 1.68 bits per heavy atom. The second-order valence-corrected chi connectivity index (χ2v) is 7.41. The Labute approximate surface area is 128 Å². The molecular formula is C16H20BrNS. The molecule has 1 unspecified atom stereocenters. The van der Waals surface area contributed by atoms with E-state index in [1.54, 1.807) is 0 Å². The molecule has 0 saturated heterocycles. The van der Waals surface area contributed by atoms with Crippen LogP contribution in [0.4, 0.5) is 0 Å². The maximum atomic E-state index is 3.68. The fraction of sp³-hybridized carbons (Fsp3) is 0.375. The van der Waals surface area contributed by atoms with E-state index in [9.17, 15) is 0 Å². The summed E-state index contributed by atoms with van der Waals surface area (Å²) >= 11 is 5.35. The number of halogens is 1. The summed E-state index contributed by atoms with van der Waals surface area (Å²) in [6.07, 6.45) is 0. The Morgan fingerprint density at radius 3 is 2.21 bits per heavy atom. The molecule has 2 atom stereocenters. The molecule has 1 heterocycles. The van der Waals surface area contributed by atoms with Gasteiger partial charge in [-0.05, 0) is 57.0 Å². The second kappa shape index (κ2) is 6.21. The predicted octanol–water partition coefficient (Wildman–Crippen LogP) is 5.54. The van der Waals surface area contributed by atoms with Gasteiger partial charge < -0.3 is 5.32 Å². The van der Waals surface area contributed by atoms with Crippen LogP contribution >= 0.6 is 27.3 Å². The predicted molar refractivity (Wildman–Crippen MR) is 87.9 cm³/mol. The average molecular weight is 338 g/mol. The molecule has 1 aromatic carbocycles. The number of aryl methyl sites for hydroxylation is 2. The summed E-state index contributed by atoms with van der Waals surface area (Å²) in [5.41, 5.74) is 2.74. The van der Waals surface area contributed by atoms with E-state index >= 15 is 0 Å². The molecule has 19 heavy (non-hydrogen) atoms. The molecule has 3 heteroatoms. The van der Waals surface area contributed by atoms with Crippen LogP contribution < -0.4 is 5.32 Å². The van der Waals surface area contributed by atoms with Gasteiger partial charge in [-0.3, -0.25) is 0 Å². The van der Waals surface area contributed by atoms with Gasteiger partial charge in [0.05, 0.1) is 0 Å². The first-order valence-corrected chi connectivity index (χ1v) is 8.16. The lowest BCUT2D eigenvalue weighted by atomic mass is 10.0. The second-order valence-electron chi connectivity index (χ2n) is 5.03. The summed E-state index contributed by atoms with van der Waals surface area (Å²) in [5, 5.41) is 3.68. The van der Waals surface area contributed by atoms with Crippen LogP contribution in [-0.2, 0) is 0 Å². The first-order chi connectivity index (χ1) is 8.97. The van der Waals surface area contributed by atoms with Gasteiger partial charge in [0.15, 0.2) is 0 Å². The molecule has 0 fully saturated rings. The third-order valence-corrected chi connectivity index (χ3v) is 4.93. The molecule has 0 saturated carbocycles. The van der Waals surface area contributed by atoms with Crippen molar-refractivity contribution in [3.05, 3.63) is 55.7 Å². The third-order valence-electron chi connectivity index (χ3n) is 3.42. The smallest absolute Gasteiger partial charge is 0.0308 e. The van der Waals surface area contributed by atoms with Crippen molar-refractivity contribution in [3.63, 3.8) is 0 Å². The molecule has 2 rings (SSSR count). The van der Waals surface area contributed by atoms with Crippen LogP contribution in [0, 0.1) is 13.8 Å². The molecule has 0 amide bonds. The topological polar surface area (TPSA) is 12.0 Å². The van der Waals surface area contributed by atoms with E-state index in [-0.39, 0.29) is 0 Å². The first-order valence-electron chi connectivity index (χ1n) is 6.56. The standard InChI is InChI=1S/C16H20BrNS/c1-10-9-16(13(4)19-10)12(3)18-11(2)14-5-7-15(17)8-6-14/h5-9,11-12,18H,1-4H3/t11-,12?/m1/s1. The molecule has 0 aliphatic heterocycles. The highest BCUT2D eigenvalue weighted by Gasteiger charge is 2.14. The molecular weight excluding hydrogens is 318 g/mol. The number of hydrogen-bond acceptors (Lipinski definition) is 2. The highest BCUT2D eigenvalue weighted by molar-refractivity contribution is 9.10. The van der Waals surface area contributed by atoms with Crippen LogP contribution in [-0.4, -0.2) is 0 Å². The van der Waals surface area contributed by atoms with Crippen LogP contribution in [0.15, 0.2) is 34.8 Å². The van der Waals surface area contributed by atoms with Gasteiger partial charge in [-0.15, -0.1) is 11.3 Å². The third kappa shape index (κ3) is 3.68. The van der Waals surface area contributed by atoms with Crippen LogP contribution in [0.25, 0.3) is 0 Å². The molecule has 0 aliphatic rings. The normalized spacial score (nSPS) is 14.4. The average Bonchev–Trinajstić information content (AvgIpc) is 2.69. The Balaban J connectivity index is 2.08. The fourth-order valence-corrected chi connectivity index (χ4v) is 3.68. The van der Waals surface area contributed by atoms with Crippen molar-refractivity contribution in [2.75, 3.05) is 0 Å². The zero-order chi connectivity index (χ0) is 14.0. The van der Waals surface area contributed by atoms with E-state index in [1.807, 2.05) is 11.3 Å². The summed E-state index contributed by atoms with van der Waals surface area (Å²) < 4.78 is 1.13. The molecule has 1 aromatic heterocycles. The Bertz CT molecular complexity index is 544. The number of rotatable bonds is 4. The van der Waals surface area contributed by atoms with Gasteiger partial charge in [-0.2, -0.15) is 0 Å². The summed E-state index contributed by atoms with van der Waals surface area (Å²) in [6, 6.07) is 11.6. The van der Waals surface area contributed by atoms with Crippen molar-refractivity contribution in [3.8, 4) is 0 Å². The lowest BCUT2D eigenvalue weighted by Gasteiger charge is -2.20. The van der Waals surface area contributed by atoms with E-state index in [0.717, 1.165) is 4.47 Å². The monoisotopic (exact) mass is 337 g/mol. The number of benzene rings is 1. The van der Waals surface area contributed by atoms with Crippen molar-refractivity contribution >= 4 is 27.3 Å². The van der Waals surface area contributed by atoms with Gasteiger partial charge in [0.1, 0.15) is 0 Å². The van der Waals surface area contributed by atoms with Crippen LogP contribution in [0.1, 0.15) is 46.8 Å². The largest absolute Gasteiger partial charge is 0.304 e. The fourth-order valence-electron chi connectivity index (χ4n) is 2.39. The van der Waals surface area contributed by atoms with Crippen molar-refractivity contribution in [2.45, 2.75) is 39.8 Å². The zero-order valence-corrected chi connectivity index (χ0v) is 14.2. The molecule has 0 radical (unpaired) electrons. The first kappa shape index (κ1) is 14.8. The van der Waals surface area contributed by atoms with Crippen LogP contribution in [0.2, 0.25) is 0 Å². The molecule has 0 bridgehead atoms. The summed E-state index contributed by atoms with van der Waals surface area (Å²) in [7, 11) is 0. The maximum absolute atomic E-state index is 3.68. The van der Waals surface area contributed by atoms with Gasteiger partial charge in [0.2, 0.25) is 0 Å². The molecule has 1 N–H and O–H groups in total. The Kier molecular flexibility index (Phi) is 4.82. The van der Waals surface area contributed by atoms with E-state index in [0.29, 0.717) is 12.1 Å². The lowest BCUT2D eigenvalue weighted by molar-refractivity contribution is 0.494. The Hall–Kier alpha value is -0.640. The van der Waals surface area contributed by atoms with E-state index in [2.05, 4.69) is 79.3 Å². The minimum absolute atomic E-state index is 0.350. The SMILES string of the molecule is Cc1cc(C(C)N[C@H](C)c2ccc(Br)cc2)c(C)s1. The highest BCUT2D eigenvalue weighted by atomic mass is 79.9. The van der Waals surface area contributed by atoms with Crippen molar-refractivity contribution in [2.24, 2.45) is 0 Å². The van der Waals surface area contributed by atoms with Gasteiger partial charge >= 0.3 is 0 Å². The maximum Gasteiger partial charge on any atom is 0.0308 e. The number of nitrogens with one attached hydrogen (secondary N) is 1. The molecule has 102 valence electrons. The lowest BCUT2D eigenvalue weighted by Crippen LogP contribution is -2.22. The quantitative estimate of drug-likeness (QED) is 0.772. The van der Waals surface area contributed by atoms with E-state index < -0.39 is 0 Å². The van der Waals surface area contributed by atoms with Crippen molar-refractivity contribution in [1.29, 1.82) is 0 Å². The van der Waals surface area contributed by atoms with Crippen molar-refractivity contribution in [1.82, 2.24) is 5.32 Å². The summed E-state index contributed by atoms with van der Waals surface area (Å²) in [4.78, 5) is 2.80. The van der Waals surface area contributed by atoms with Crippen molar-refractivity contribution < 1.29 is 0 Å². The number of thiophene rings is 1. The van der Waals surface area contributed by atoms with E-state index in [4.69, 9.17) is 0 Å². The molecule has 0 spiro atoms. The zero-order valence-electron chi connectivity index (χ0n) is 11.8. The van der Waals surface area contributed by atoms with Gasteiger partial charge in [-0.1, -0.05) is 28.1 Å². The van der Waals surface area contributed by atoms with Crippen LogP contribution in [0.5, 0.6) is 0 Å². The summed E-state index contributed by atoms with van der Waals surface area (Å²) in [6.45, 7) is 8.83. The van der Waals surface area contributed by atoms with Crippen LogP contribution in [0.3, 0.4) is 0 Å².